The van der Waals surface area contributed by atoms with E-state index in [1.165, 1.54) is 18.2 Å². The number of nitrogens with zero attached hydrogens (tertiary/aromatic N) is 4. The van der Waals surface area contributed by atoms with Crippen LogP contribution in [0, 0.1) is 6.92 Å². The fraction of sp³-hybridized carbons (Fsp3) is 0.0333. The Balaban J connectivity index is 0.00000300. The fourth-order valence-electron chi connectivity index (χ4n) is 4.21. The number of nitrogens with one attached hydrogen (secondary N) is 1. The minimum absolute atomic E-state index is 0. The molecule has 0 spiro atoms. The molecule has 47 heavy (non-hydrogen) atoms. The number of hydrogen-bond acceptors (Lipinski definition) is 10. The predicted octanol–water partition coefficient (Wildman–Crippen LogP) is 6.55. The number of carbonyl (C=O) groups excluding carboxylic acids is 1. The Morgan fingerprint density at radius 2 is 1.26 bits per heavy atom. The summed E-state index contributed by atoms with van der Waals surface area (Å²) in [5, 5.41) is 19.7. The minimum Gasteiger partial charge on any atom is -0.399 e. The van der Waals surface area contributed by atoms with Gasteiger partial charge in [0.2, 0.25) is 0 Å². The monoisotopic (exact) mass is 690 g/mol. The van der Waals surface area contributed by atoms with Crippen LogP contribution in [-0.4, -0.2) is 91.0 Å². The summed E-state index contributed by atoms with van der Waals surface area (Å²) in [6, 6.07) is 24.4. The number of hydrogen-bond donors (Lipinski definition) is 4. The molecule has 0 aliphatic carbocycles. The number of fused-ring (bicyclic) bond motifs is 1. The molecule has 0 atom stereocenters. The Morgan fingerprint density at radius 1 is 0.681 bits per heavy atom. The van der Waals surface area contributed by atoms with E-state index in [0.29, 0.717) is 40.1 Å². The predicted molar refractivity (Wildman–Crippen MR) is 180 cm³/mol. The van der Waals surface area contributed by atoms with E-state index < -0.39 is 30.0 Å². The third kappa shape index (κ3) is 9.84. The SMILES string of the molecule is Cc1cc(NC(=O)c2ccc(N)cc2)ccc1N=Nc1ccc(N=Nc2ccc3cc(S(=O)(=O)O)cc(S(=O)(=O)O)c3c2)cc1.[Na].[Na]. The van der Waals surface area contributed by atoms with Gasteiger partial charge in [-0.1, -0.05) is 6.07 Å². The Bertz CT molecular complexity index is 2230. The summed E-state index contributed by atoms with van der Waals surface area (Å²) in [4.78, 5) is 11.1. The molecule has 0 aliphatic heterocycles. The third-order valence-electron chi connectivity index (χ3n) is 6.48. The zero-order chi connectivity index (χ0) is 32.4. The molecule has 5 aromatic rings. The standard InChI is InChI=1S/C30H24N6O7S2.2Na/c1-18-14-24(32-30(37)19-2-5-21(31)6-3-19)12-13-28(18)36-34-23-10-8-22(9-11-23)33-35-25-7-4-20-15-26(44(38,39)40)17-29(27(20)16-25)45(41,42)43;;/h2-17H,31H2,1H3,(H,32,37)(H,38,39,40)(H,41,42,43);;. The van der Waals surface area contributed by atoms with Crippen molar-refractivity contribution in [1.82, 2.24) is 0 Å². The normalized spacial score (nSPS) is 11.7. The molecule has 13 nitrogen and oxygen atoms in total. The van der Waals surface area contributed by atoms with Crippen molar-refractivity contribution >= 4 is 130 Å². The Morgan fingerprint density at radius 3 is 1.83 bits per heavy atom. The number of amides is 1. The second kappa shape index (κ2) is 15.7. The van der Waals surface area contributed by atoms with E-state index in [9.17, 15) is 30.7 Å². The van der Waals surface area contributed by atoms with Crippen LogP contribution in [0.4, 0.5) is 34.1 Å². The molecule has 0 saturated carbocycles. The van der Waals surface area contributed by atoms with E-state index in [1.54, 1.807) is 66.7 Å². The zero-order valence-corrected chi connectivity index (χ0v) is 31.0. The minimum atomic E-state index is -4.84. The molecule has 0 unspecified atom stereocenters. The maximum atomic E-state index is 12.5. The van der Waals surface area contributed by atoms with Crippen molar-refractivity contribution in [3.8, 4) is 0 Å². The van der Waals surface area contributed by atoms with Crippen LogP contribution in [-0.2, 0) is 20.2 Å². The number of nitrogen functional groups attached to an aromatic ring is 1. The first-order valence-electron chi connectivity index (χ1n) is 13.0. The van der Waals surface area contributed by atoms with Gasteiger partial charge < -0.3 is 11.1 Å². The van der Waals surface area contributed by atoms with Crippen molar-refractivity contribution in [2.24, 2.45) is 20.5 Å². The van der Waals surface area contributed by atoms with Gasteiger partial charge >= 0.3 is 0 Å². The third-order valence-corrected chi connectivity index (χ3v) is 8.21. The van der Waals surface area contributed by atoms with Gasteiger partial charge in [0.25, 0.3) is 26.1 Å². The van der Waals surface area contributed by atoms with Crippen LogP contribution in [0.1, 0.15) is 15.9 Å². The van der Waals surface area contributed by atoms with E-state index in [-0.39, 0.29) is 81.5 Å². The van der Waals surface area contributed by atoms with Gasteiger partial charge in [-0.15, -0.1) is 0 Å². The number of azo groups is 2. The molecule has 0 heterocycles. The van der Waals surface area contributed by atoms with Gasteiger partial charge in [0.1, 0.15) is 4.90 Å². The van der Waals surface area contributed by atoms with Gasteiger partial charge in [-0.3, -0.25) is 13.9 Å². The summed E-state index contributed by atoms with van der Waals surface area (Å²) in [6.07, 6.45) is 0. The Labute approximate surface area is 314 Å². The second-order valence-corrected chi connectivity index (χ2v) is 12.6. The van der Waals surface area contributed by atoms with E-state index in [1.807, 2.05) is 6.92 Å². The van der Waals surface area contributed by atoms with Gasteiger partial charge in [0, 0.05) is 81.4 Å². The molecule has 5 aromatic carbocycles. The molecule has 0 aliphatic rings. The Hall–Kier alpha value is -3.35. The molecule has 0 bridgehead atoms. The summed E-state index contributed by atoms with van der Waals surface area (Å²) in [5.41, 5.74) is 9.93. The van der Waals surface area contributed by atoms with Gasteiger partial charge in [-0.05, 0) is 109 Å². The summed E-state index contributed by atoms with van der Waals surface area (Å²) < 4.78 is 65.9. The summed E-state index contributed by atoms with van der Waals surface area (Å²) in [5.74, 6) is -0.265. The van der Waals surface area contributed by atoms with E-state index in [0.717, 1.165) is 11.6 Å². The average molecular weight is 691 g/mol. The van der Waals surface area contributed by atoms with Crippen molar-refractivity contribution in [2.45, 2.75) is 16.7 Å². The molecular formula is C30H24N6Na2O7S2. The topological polar surface area (TPSA) is 213 Å². The van der Waals surface area contributed by atoms with Crippen molar-refractivity contribution < 1.29 is 30.7 Å². The van der Waals surface area contributed by atoms with Crippen molar-refractivity contribution in [1.29, 1.82) is 0 Å². The number of carbonyl (C=O) groups is 1. The number of aryl methyl sites for hydroxylation is 1. The van der Waals surface area contributed by atoms with Gasteiger partial charge in [-0.2, -0.15) is 37.3 Å². The second-order valence-electron chi connectivity index (χ2n) is 9.77. The van der Waals surface area contributed by atoms with E-state index >= 15 is 0 Å². The number of nitrogens with two attached hydrogens (primary N) is 1. The Kier molecular flexibility index (Phi) is 12.7. The molecule has 0 fully saturated rings. The smallest absolute Gasteiger partial charge is 0.295 e. The first kappa shape index (κ1) is 38.1. The largest absolute Gasteiger partial charge is 0.399 e. The van der Waals surface area contributed by atoms with Crippen LogP contribution in [0.2, 0.25) is 0 Å². The van der Waals surface area contributed by atoms with Crippen LogP contribution in [0.5, 0.6) is 0 Å². The first-order chi connectivity index (χ1) is 21.3. The first-order valence-corrected chi connectivity index (χ1v) is 15.9. The van der Waals surface area contributed by atoms with Crippen LogP contribution < -0.4 is 11.1 Å². The van der Waals surface area contributed by atoms with Gasteiger partial charge in [0.05, 0.1) is 27.6 Å². The van der Waals surface area contributed by atoms with Crippen molar-refractivity contribution in [3.63, 3.8) is 0 Å². The van der Waals surface area contributed by atoms with Crippen molar-refractivity contribution in [2.75, 3.05) is 11.1 Å². The maximum Gasteiger partial charge on any atom is 0.295 e. The summed E-state index contributed by atoms with van der Waals surface area (Å²) in [6.45, 7) is 1.84. The fourth-order valence-corrected chi connectivity index (χ4v) is 5.55. The molecule has 2 radical (unpaired) electrons. The zero-order valence-electron chi connectivity index (χ0n) is 25.4. The number of anilines is 2. The van der Waals surface area contributed by atoms with E-state index in [4.69, 9.17) is 5.73 Å². The molecular weight excluding hydrogens is 666 g/mol. The molecule has 17 heteroatoms. The summed E-state index contributed by atoms with van der Waals surface area (Å²) >= 11 is 0. The maximum absolute atomic E-state index is 12.5. The van der Waals surface area contributed by atoms with Crippen molar-refractivity contribution in [3.05, 3.63) is 108 Å². The van der Waals surface area contributed by atoms with E-state index in [2.05, 4.69) is 25.8 Å². The van der Waals surface area contributed by atoms with Crippen LogP contribution in [0.15, 0.2) is 127 Å². The average Bonchev–Trinajstić information content (AvgIpc) is 2.99. The van der Waals surface area contributed by atoms with Crippen LogP contribution >= 0.6 is 0 Å². The van der Waals surface area contributed by atoms with Gasteiger partial charge in [-0.25, -0.2) is 0 Å². The summed E-state index contributed by atoms with van der Waals surface area (Å²) in [7, 11) is -9.56. The number of rotatable bonds is 8. The molecule has 1 amide bonds. The number of benzene rings is 5. The molecule has 0 aromatic heterocycles. The molecule has 0 saturated heterocycles. The molecule has 5 N–H and O–H groups in total. The van der Waals surface area contributed by atoms with Crippen LogP contribution in [0.25, 0.3) is 10.8 Å². The van der Waals surface area contributed by atoms with Gasteiger partial charge in [0.15, 0.2) is 0 Å². The quantitative estimate of drug-likeness (QED) is 0.0605. The molecule has 5 rings (SSSR count). The molecule has 230 valence electrons. The van der Waals surface area contributed by atoms with Crippen LogP contribution in [0.3, 0.4) is 0 Å².